The number of aryl methyl sites for hydroxylation is 2. The summed E-state index contributed by atoms with van der Waals surface area (Å²) in [5, 5.41) is 9.04. The first-order valence-corrected chi connectivity index (χ1v) is 12.5. The first-order valence-electron chi connectivity index (χ1n) is 11.0. The van der Waals surface area contributed by atoms with Gasteiger partial charge in [0.1, 0.15) is 11.8 Å². The molecule has 0 spiro atoms. The standard InChI is InChI=1S/C26H25N3O5S/c1-16-12-17(2)19(4)25(18(16)3)35(32,33)28(15-22-6-5-11-34-22)23-13-24(30)29(26(23)31)21-9-7-20(14-27)8-10-21/h5-12,23H,13,15H2,1-4H3. The summed E-state index contributed by atoms with van der Waals surface area (Å²) in [6.07, 6.45) is 1.12. The van der Waals surface area contributed by atoms with Gasteiger partial charge in [0.05, 0.1) is 41.4 Å². The minimum atomic E-state index is -4.21. The third-order valence-corrected chi connectivity index (χ3v) is 8.61. The molecule has 35 heavy (non-hydrogen) atoms. The van der Waals surface area contributed by atoms with Gasteiger partial charge in [0.15, 0.2) is 0 Å². The van der Waals surface area contributed by atoms with Crippen molar-refractivity contribution in [2.75, 3.05) is 4.90 Å². The minimum Gasteiger partial charge on any atom is -0.468 e. The predicted octanol–water partition coefficient (Wildman–Crippen LogP) is 3.91. The Balaban J connectivity index is 1.82. The van der Waals surface area contributed by atoms with E-state index < -0.39 is 27.9 Å². The third kappa shape index (κ3) is 4.27. The van der Waals surface area contributed by atoms with Crippen LogP contribution in [0.3, 0.4) is 0 Å². The Morgan fingerprint density at radius 2 is 1.69 bits per heavy atom. The second-order valence-electron chi connectivity index (χ2n) is 8.67. The highest BCUT2D eigenvalue weighted by molar-refractivity contribution is 7.89. The van der Waals surface area contributed by atoms with Crippen LogP contribution in [-0.4, -0.2) is 30.6 Å². The highest BCUT2D eigenvalue weighted by atomic mass is 32.2. The second kappa shape index (κ2) is 9.13. The Morgan fingerprint density at radius 1 is 1.06 bits per heavy atom. The fraction of sp³-hybridized carbons (Fsp3) is 0.269. The molecular weight excluding hydrogens is 466 g/mol. The molecule has 1 saturated heterocycles. The van der Waals surface area contributed by atoms with Gasteiger partial charge in [-0.2, -0.15) is 9.57 Å². The number of carbonyl (C=O) groups excluding carboxylic acids is 2. The molecule has 1 aliphatic rings. The number of hydrogen-bond donors (Lipinski definition) is 0. The number of furan rings is 1. The lowest BCUT2D eigenvalue weighted by Crippen LogP contribution is -2.45. The second-order valence-corrected chi connectivity index (χ2v) is 10.5. The zero-order chi connectivity index (χ0) is 25.5. The molecule has 8 nitrogen and oxygen atoms in total. The van der Waals surface area contributed by atoms with E-state index in [1.165, 1.54) is 30.5 Å². The van der Waals surface area contributed by atoms with Crippen molar-refractivity contribution in [2.45, 2.75) is 51.6 Å². The number of rotatable bonds is 6. The summed E-state index contributed by atoms with van der Waals surface area (Å²) in [5.74, 6) is -0.807. The number of imide groups is 1. The Hall–Kier alpha value is -3.74. The molecule has 1 aromatic heterocycles. The number of sulfonamides is 1. The number of nitriles is 1. The van der Waals surface area contributed by atoms with Crippen LogP contribution in [0.25, 0.3) is 0 Å². The molecule has 1 unspecified atom stereocenters. The first-order chi connectivity index (χ1) is 16.6. The topological polar surface area (TPSA) is 112 Å². The molecule has 0 radical (unpaired) electrons. The van der Waals surface area contributed by atoms with Crippen molar-refractivity contribution in [1.29, 1.82) is 5.26 Å². The van der Waals surface area contributed by atoms with E-state index in [1.54, 1.807) is 26.0 Å². The SMILES string of the molecule is Cc1cc(C)c(C)c(S(=O)(=O)N(Cc2ccco2)C2CC(=O)N(c3ccc(C#N)cc3)C2=O)c1C. The molecule has 9 heteroatoms. The Labute approximate surface area is 204 Å². The van der Waals surface area contributed by atoms with Gasteiger partial charge in [-0.1, -0.05) is 6.07 Å². The van der Waals surface area contributed by atoms with E-state index in [2.05, 4.69) is 0 Å². The maximum Gasteiger partial charge on any atom is 0.252 e. The molecular formula is C26H25N3O5S. The largest absolute Gasteiger partial charge is 0.468 e. The van der Waals surface area contributed by atoms with Crippen LogP contribution in [0.1, 0.15) is 40.0 Å². The number of anilines is 1. The summed E-state index contributed by atoms with van der Waals surface area (Å²) >= 11 is 0. The van der Waals surface area contributed by atoms with Crippen LogP contribution >= 0.6 is 0 Å². The van der Waals surface area contributed by atoms with Crippen LogP contribution in [0, 0.1) is 39.0 Å². The van der Waals surface area contributed by atoms with Crippen molar-refractivity contribution in [1.82, 2.24) is 4.31 Å². The molecule has 2 amide bonds. The predicted molar refractivity (Wildman–Crippen MR) is 129 cm³/mol. The van der Waals surface area contributed by atoms with Gasteiger partial charge in [-0.15, -0.1) is 0 Å². The molecule has 1 atom stereocenters. The lowest BCUT2D eigenvalue weighted by Gasteiger charge is -2.28. The van der Waals surface area contributed by atoms with Crippen LogP contribution in [0.2, 0.25) is 0 Å². The summed E-state index contributed by atoms with van der Waals surface area (Å²) in [4.78, 5) is 27.6. The van der Waals surface area contributed by atoms with Crippen LogP contribution in [0.4, 0.5) is 5.69 Å². The van der Waals surface area contributed by atoms with E-state index >= 15 is 0 Å². The third-order valence-electron chi connectivity index (χ3n) is 6.48. The average Bonchev–Trinajstić information content (AvgIpc) is 3.43. The van der Waals surface area contributed by atoms with Crippen LogP contribution in [0.5, 0.6) is 0 Å². The van der Waals surface area contributed by atoms with Crippen LogP contribution in [0.15, 0.2) is 58.0 Å². The Morgan fingerprint density at radius 3 is 2.23 bits per heavy atom. The zero-order valence-corrected chi connectivity index (χ0v) is 20.7. The molecule has 2 aromatic carbocycles. The van der Waals surface area contributed by atoms with Gasteiger partial charge in [0.2, 0.25) is 15.9 Å². The van der Waals surface area contributed by atoms with Gasteiger partial charge in [0.25, 0.3) is 5.91 Å². The lowest BCUT2D eigenvalue weighted by atomic mass is 10.0. The summed E-state index contributed by atoms with van der Waals surface area (Å²) in [6.45, 7) is 6.96. The van der Waals surface area contributed by atoms with Gasteiger partial charge in [-0.3, -0.25) is 9.59 Å². The van der Waals surface area contributed by atoms with Gasteiger partial charge in [-0.05, 0) is 86.3 Å². The van der Waals surface area contributed by atoms with E-state index in [0.717, 1.165) is 20.3 Å². The monoisotopic (exact) mass is 491 g/mol. The smallest absolute Gasteiger partial charge is 0.252 e. The highest BCUT2D eigenvalue weighted by Gasteiger charge is 2.48. The van der Waals surface area contributed by atoms with Crippen molar-refractivity contribution >= 4 is 27.5 Å². The molecule has 0 bridgehead atoms. The van der Waals surface area contributed by atoms with Crippen molar-refractivity contribution in [3.63, 3.8) is 0 Å². The van der Waals surface area contributed by atoms with Crippen molar-refractivity contribution in [3.8, 4) is 6.07 Å². The summed E-state index contributed by atoms with van der Waals surface area (Å²) in [5.41, 5.74) is 3.50. The molecule has 1 fully saturated rings. The molecule has 1 aliphatic heterocycles. The maximum atomic E-state index is 14.1. The minimum absolute atomic E-state index is 0.138. The number of nitrogens with zero attached hydrogens (tertiary/aromatic N) is 3. The number of amides is 2. The number of carbonyl (C=O) groups is 2. The molecule has 0 saturated carbocycles. The molecule has 2 heterocycles. The fourth-order valence-corrected chi connectivity index (χ4v) is 6.53. The van der Waals surface area contributed by atoms with Gasteiger partial charge in [0, 0.05) is 0 Å². The van der Waals surface area contributed by atoms with E-state index in [-0.39, 0.29) is 23.5 Å². The molecule has 0 N–H and O–H groups in total. The fourth-order valence-electron chi connectivity index (χ4n) is 4.40. The van der Waals surface area contributed by atoms with Gasteiger partial charge < -0.3 is 4.42 Å². The van der Waals surface area contributed by atoms with Gasteiger partial charge >= 0.3 is 0 Å². The summed E-state index contributed by atoms with van der Waals surface area (Å²) in [6, 6.07) is 11.9. The average molecular weight is 492 g/mol. The molecule has 3 aromatic rings. The van der Waals surface area contributed by atoms with Crippen molar-refractivity contribution in [2.24, 2.45) is 0 Å². The quantitative estimate of drug-likeness (QED) is 0.484. The van der Waals surface area contributed by atoms with Crippen LogP contribution < -0.4 is 4.90 Å². The van der Waals surface area contributed by atoms with Crippen molar-refractivity contribution in [3.05, 3.63) is 82.3 Å². The Kier molecular flexibility index (Phi) is 6.36. The Bertz CT molecular complexity index is 1430. The lowest BCUT2D eigenvalue weighted by molar-refractivity contribution is -0.122. The summed E-state index contributed by atoms with van der Waals surface area (Å²) < 4.78 is 34.8. The number of benzene rings is 2. The normalized spacial score (nSPS) is 16.2. The summed E-state index contributed by atoms with van der Waals surface area (Å²) in [7, 11) is -4.21. The highest BCUT2D eigenvalue weighted by Crippen LogP contribution is 2.34. The number of hydrogen-bond acceptors (Lipinski definition) is 6. The van der Waals surface area contributed by atoms with E-state index in [0.29, 0.717) is 22.5 Å². The van der Waals surface area contributed by atoms with E-state index in [1.807, 2.05) is 26.0 Å². The molecule has 4 rings (SSSR count). The molecule has 180 valence electrons. The van der Waals surface area contributed by atoms with Crippen LogP contribution in [-0.2, 0) is 26.2 Å². The van der Waals surface area contributed by atoms with E-state index in [9.17, 15) is 18.0 Å². The zero-order valence-electron chi connectivity index (χ0n) is 19.9. The van der Waals surface area contributed by atoms with E-state index in [4.69, 9.17) is 9.68 Å². The maximum absolute atomic E-state index is 14.1. The molecule has 0 aliphatic carbocycles. The van der Waals surface area contributed by atoms with Crippen molar-refractivity contribution < 1.29 is 22.4 Å². The first kappa shape index (κ1) is 24.4. The van der Waals surface area contributed by atoms with Gasteiger partial charge in [-0.25, -0.2) is 13.3 Å².